The van der Waals surface area contributed by atoms with Crippen molar-refractivity contribution in [2.45, 2.75) is 38.4 Å². The summed E-state index contributed by atoms with van der Waals surface area (Å²) in [4.78, 5) is 2.61. The molecule has 0 atom stereocenters. The first-order chi connectivity index (χ1) is 16.9. The molecule has 0 bridgehead atoms. The van der Waals surface area contributed by atoms with Crippen LogP contribution >= 0.6 is 0 Å². The third-order valence-corrected chi connectivity index (χ3v) is 7.81. The van der Waals surface area contributed by atoms with Crippen LogP contribution < -0.4 is 10.1 Å². The number of nitrogens with zero attached hydrogens (tertiary/aromatic N) is 2. The van der Waals surface area contributed by atoms with Gasteiger partial charge in [-0.05, 0) is 54.0 Å². The van der Waals surface area contributed by atoms with Crippen molar-refractivity contribution in [1.29, 1.82) is 0 Å². The summed E-state index contributed by atoms with van der Waals surface area (Å²) in [6, 6.07) is 24.9. The van der Waals surface area contributed by atoms with Gasteiger partial charge in [0, 0.05) is 33.2 Å². The van der Waals surface area contributed by atoms with Crippen LogP contribution in [0.4, 0.5) is 0 Å². The second-order valence-corrected chi connectivity index (χ2v) is 10.6. The summed E-state index contributed by atoms with van der Waals surface area (Å²) < 4.78 is 33.6. The fourth-order valence-electron chi connectivity index (χ4n) is 3.81. The normalized spacial score (nSPS) is 11.8. The molecule has 0 fully saturated rings. The minimum Gasteiger partial charge on any atom is -0.492 e. The Morgan fingerprint density at radius 1 is 0.800 bits per heavy atom. The van der Waals surface area contributed by atoms with Gasteiger partial charge in [0.1, 0.15) is 12.4 Å². The fraction of sp³-hybridized carbons (Fsp3) is 0.357. The van der Waals surface area contributed by atoms with Crippen LogP contribution in [0, 0.1) is 0 Å². The van der Waals surface area contributed by atoms with Crippen molar-refractivity contribution in [2.75, 3.05) is 33.3 Å². The molecule has 0 heterocycles. The molecular formula is C28H37N3O3S. The van der Waals surface area contributed by atoms with Gasteiger partial charge in [-0.15, -0.1) is 0 Å². The average molecular weight is 496 g/mol. The summed E-state index contributed by atoms with van der Waals surface area (Å²) in [7, 11) is -1.99. The van der Waals surface area contributed by atoms with E-state index < -0.39 is 10.0 Å². The molecule has 0 aromatic heterocycles. The quantitative estimate of drug-likeness (QED) is 0.356. The standard InChI is InChI=1S/C28H37N3O3S/c1-4-31(5-2)18-19-34-27-16-14-25(15-17-27)23-30(3)35(32,33)28-13-9-12-26(20-28)22-29-21-24-10-7-6-8-11-24/h6-17,20,29H,4-5,18-19,21-23H2,1-3H3. The highest BCUT2D eigenvalue weighted by Gasteiger charge is 2.21. The lowest BCUT2D eigenvalue weighted by Gasteiger charge is -2.19. The van der Waals surface area contributed by atoms with Crippen molar-refractivity contribution in [2.24, 2.45) is 0 Å². The lowest BCUT2D eigenvalue weighted by Crippen LogP contribution is -2.28. The maximum Gasteiger partial charge on any atom is 0.243 e. The largest absolute Gasteiger partial charge is 0.492 e. The first kappa shape index (κ1) is 26.9. The predicted octanol–water partition coefficient (Wildman–Crippen LogP) is 4.52. The molecule has 0 aliphatic rings. The molecule has 188 valence electrons. The Bertz CT molecular complexity index is 1130. The third-order valence-electron chi connectivity index (χ3n) is 6.01. The fourth-order valence-corrected chi connectivity index (χ4v) is 5.04. The van der Waals surface area contributed by atoms with Crippen molar-refractivity contribution in [3.8, 4) is 5.75 Å². The number of rotatable bonds is 14. The van der Waals surface area contributed by atoms with Gasteiger partial charge in [-0.1, -0.05) is 68.4 Å². The van der Waals surface area contributed by atoms with E-state index in [4.69, 9.17) is 4.74 Å². The molecular weight excluding hydrogens is 458 g/mol. The van der Waals surface area contributed by atoms with Crippen molar-refractivity contribution >= 4 is 10.0 Å². The van der Waals surface area contributed by atoms with E-state index in [1.807, 2.05) is 48.5 Å². The maximum atomic E-state index is 13.2. The van der Waals surface area contributed by atoms with Gasteiger partial charge >= 0.3 is 0 Å². The molecule has 0 spiro atoms. The van der Waals surface area contributed by atoms with E-state index in [2.05, 4.69) is 36.2 Å². The van der Waals surface area contributed by atoms with Crippen LogP contribution in [0.1, 0.15) is 30.5 Å². The highest BCUT2D eigenvalue weighted by atomic mass is 32.2. The highest BCUT2D eigenvalue weighted by molar-refractivity contribution is 7.89. The van der Waals surface area contributed by atoms with Crippen LogP contribution in [0.5, 0.6) is 5.75 Å². The van der Waals surface area contributed by atoms with Crippen molar-refractivity contribution < 1.29 is 13.2 Å². The van der Waals surface area contributed by atoms with E-state index in [1.54, 1.807) is 25.2 Å². The summed E-state index contributed by atoms with van der Waals surface area (Å²) in [5, 5.41) is 3.38. The predicted molar refractivity (Wildman–Crippen MR) is 142 cm³/mol. The molecule has 0 aliphatic carbocycles. The smallest absolute Gasteiger partial charge is 0.243 e. The van der Waals surface area contributed by atoms with Crippen molar-refractivity contribution in [3.05, 3.63) is 95.6 Å². The zero-order valence-electron chi connectivity index (χ0n) is 21.0. The number of hydrogen-bond donors (Lipinski definition) is 1. The third kappa shape index (κ3) is 8.18. The minimum atomic E-state index is -3.61. The van der Waals surface area contributed by atoms with Gasteiger partial charge in [-0.2, -0.15) is 4.31 Å². The van der Waals surface area contributed by atoms with E-state index in [1.165, 1.54) is 9.87 Å². The number of nitrogens with one attached hydrogen (secondary N) is 1. The Balaban J connectivity index is 1.55. The molecule has 35 heavy (non-hydrogen) atoms. The molecule has 0 saturated heterocycles. The molecule has 3 aromatic carbocycles. The van der Waals surface area contributed by atoms with Crippen molar-refractivity contribution in [1.82, 2.24) is 14.5 Å². The average Bonchev–Trinajstić information content (AvgIpc) is 2.88. The summed E-state index contributed by atoms with van der Waals surface area (Å²) in [5.41, 5.74) is 3.03. The molecule has 3 rings (SSSR count). The Labute approximate surface area is 210 Å². The lowest BCUT2D eigenvalue weighted by molar-refractivity contribution is 0.223. The molecule has 7 heteroatoms. The van der Waals surface area contributed by atoms with E-state index in [0.29, 0.717) is 24.6 Å². The molecule has 0 amide bonds. The van der Waals surface area contributed by atoms with Crippen molar-refractivity contribution in [3.63, 3.8) is 0 Å². The van der Waals surface area contributed by atoms with Gasteiger partial charge < -0.3 is 15.0 Å². The Hall–Kier alpha value is -2.71. The Kier molecular flexibility index (Phi) is 10.3. The second-order valence-electron chi connectivity index (χ2n) is 8.52. The summed E-state index contributed by atoms with van der Waals surface area (Å²) in [6.07, 6.45) is 0. The topological polar surface area (TPSA) is 61.9 Å². The first-order valence-corrected chi connectivity index (χ1v) is 13.6. The van der Waals surface area contributed by atoms with Crippen LogP contribution in [-0.4, -0.2) is 50.9 Å². The van der Waals surface area contributed by atoms with Gasteiger partial charge in [0.15, 0.2) is 0 Å². The molecule has 0 saturated carbocycles. The molecule has 1 N–H and O–H groups in total. The summed E-state index contributed by atoms with van der Waals surface area (Å²) in [6.45, 7) is 9.43. The SMILES string of the molecule is CCN(CC)CCOc1ccc(CN(C)S(=O)(=O)c2cccc(CNCc3ccccc3)c2)cc1. The van der Waals surface area contributed by atoms with Gasteiger partial charge in [-0.3, -0.25) is 0 Å². The van der Waals surface area contributed by atoms with Crippen LogP contribution in [0.15, 0.2) is 83.8 Å². The lowest BCUT2D eigenvalue weighted by atomic mass is 10.2. The molecule has 3 aromatic rings. The maximum absolute atomic E-state index is 13.2. The van der Waals surface area contributed by atoms with E-state index >= 15 is 0 Å². The monoisotopic (exact) mass is 495 g/mol. The van der Waals surface area contributed by atoms with Crippen LogP contribution in [0.25, 0.3) is 0 Å². The van der Waals surface area contributed by atoms with Gasteiger partial charge in [0.25, 0.3) is 0 Å². The first-order valence-electron chi connectivity index (χ1n) is 12.2. The van der Waals surface area contributed by atoms with Gasteiger partial charge in [-0.25, -0.2) is 8.42 Å². The van der Waals surface area contributed by atoms with E-state index in [0.717, 1.165) is 43.1 Å². The zero-order valence-corrected chi connectivity index (χ0v) is 21.8. The van der Waals surface area contributed by atoms with E-state index in [-0.39, 0.29) is 0 Å². The molecule has 0 unspecified atom stereocenters. The van der Waals surface area contributed by atoms with Gasteiger partial charge in [0.2, 0.25) is 10.0 Å². The molecule has 0 radical (unpaired) electrons. The van der Waals surface area contributed by atoms with Crippen LogP contribution in [0.3, 0.4) is 0 Å². The zero-order chi connectivity index (χ0) is 25.1. The molecule has 6 nitrogen and oxygen atoms in total. The van der Waals surface area contributed by atoms with Crippen LogP contribution in [-0.2, 0) is 29.7 Å². The molecule has 0 aliphatic heterocycles. The van der Waals surface area contributed by atoms with Gasteiger partial charge in [0.05, 0.1) is 4.90 Å². The summed E-state index contributed by atoms with van der Waals surface area (Å²) in [5.74, 6) is 0.794. The number of likely N-dealkylation sites (N-methyl/N-ethyl adjacent to an activating group) is 1. The Morgan fingerprint density at radius 3 is 2.14 bits per heavy atom. The Morgan fingerprint density at radius 2 is 1.46 bits per heavy atom. The minimum absolute atomic E-state index is 0.290. The number of hydrogen-bond acceptors (Lipinski definition) is 5. The van der Waals surface area contributed by atoms with E-state index in [9.17, 15) is 8.42 Å². The number of sulfonamides is 1. The second kappa shape index (κ2) is 13.4. The highest BCUT2D eigenvalue weighted by Crippen LogP contribution is 2.20. The number of ether oxygens (including phenoxy) is 1. The van der Waals surface area contributed by atoms with Crippen LogP contribution in [0.2, 0.25) is 0 Å². The summed E-state index contributed by atoms with van der Waals surface area (Å²) >= 11 is 0. The number of benzene rings is 3.